The number of hydrogen-bond donors (Lipinski definition) is 0. The van der Waals surface area contributed by atoms with E-state index in [4.69, 9.17) is 9.47 Å². The predicted molar refractivity (Wildman–Crippen MR) is 108 cm³/mol. The van der Waals surface area contributed by atoms with Crippen molar-refractivity contribution in [1.82, 2.24) is 4.31 Å². The molecular formula is C20H27NO4S2. The molecule has 0 saturated heterocycles. The Bertz CT molecular complexity index is 841. The van der Waals surface area contributed by atoms with Crippen molar-refractivity contribution in [2.75, 3.05) is 7.11 Å². The molecule has 27 heavy (non-hydrogen) atoms. The number of nitrogens with zero attached hydrogens (tertiary/aromatic N) is 1. The molecule has 0 spiro atoms. The minimum absolute atomic E-state index is 0.00920. The lowest BCUT2D eigenvalue weighted by Gasteiger charge is -2.28. The molecule has 0 radical (unpaired) electrons. The van der Waals surface area contributed by atoms with Crippen LogP contribution in [0.15, 0.2) is 39.9 Å². The molecule has 1 saturated carbocycles. The second-order valence-electron chi connectivity index (χ2n) is 7.07. The first-order valence-electron chi connectivity index (χ1n) is 9.30. The summed E-state index contributed by atoms with van der Waals surface area (Å²) in [4.78, 5) is 0. The first-order chi connectivity index (χ1) is 12.9. The van der Waals surface area contributed by atoms with Crippen molar-refractivity contribution >= 4 is 21.4 Å². The molecule has 1 aromatic heterocycles. The molecule has 1 aliphatic carbocycles. The normalized spacial score (nSPS) is 15.6. The fourth-order valence-corrected chi connectivity index (χ4v) is 6.27. The van der Waals surface area contributed by atoms with Gasteiger partial charge < -0.3 is 9.47 Å². The second kappa shape index (κ2) is 8.63. The minimum Gasteiger partial charge on any atom is -0.493 e. The van der Waals surface area contributed by atoms with Crippen LogP contribution in [-0.2, 0) is 16.6 Å². The van der Waals surface area contributed by atoms with Gasteiger partial charge in [-0.15, -0.1) is 11.3 Å². The van der Waals surface area contributed by atoms with Gasteiger partial charge in [-0.25, -0.2) is 8.42 Å². The highest BCUT2D eigenvalue weighted by molar-refractivity contribution is 7.91. The van der Waals surface area contributed by atoms with Gasteiger partial charge in [0, 0.05) is 12.6 Å². The highest BCUT2D eigenvalue weighted by atomic mass is 32.2. The Morgan fingerprint density at radius 2 is 1.93 bits per heavy atom. The Balaban J connectivity index is 1.93. The van der Waals surface area contributed by atoms with Crippen LogP contribution in [0, 0.1) is 0 Å². The first-order valence-corrected chi connectivity index (χ1v) is 11.6. The summed E-state index contributed by atoms with van der Waals surface area (Å²) < 4.78 is 39.8. The summed E-state index contributed by atoms with van der Waals surface area (Å²) in [5, 5.41) is 1.81. The summed E-state index contributed by atoms with van der Waals surface area (Å²) in [6.07, 6.45) is 3.98. The maximum atomic E-state index is 13.3. The summed E-state index contributed by atoms with van der Waals surface area (Å²) >= 11 is 1.27. The molecule has 5 nitrogen and oxygen atoms in total. The molecule has 3 rings (SSSR count). The molecule has 0 atom stereocenters. The van der Waals surface area contributed by atoms with Gasteiger partial charge in [-0.2, -0.15) is 4.31 Å². The molecule has 2 aromatic rings. The molecule has 0 amide bonds. The summed E-state index contributed by atoms with van der Waals surface area (Å²) in [5.41, 5.74) is 0.901. The molecule has 0 N–H and O–H groups in total. The summed E-state index contributed by atoms with van der Waals surface area (Å²) in [7, 11) is -1.91. The number of methoxy groups -OCH3 is 1. The van der Waals surface area contributed by atoms with Crippen LogP contribution in [0.1, 0.15) is 45.1 Å². The van der Waals surface area contributed by atoms with Gasteiger partial charge in [-0.3, -0.25) is 0 Å². The van der Waals surface area contributed by atoms with Crippen LogP contribution < -0.4 is 9.47 Å². The van der Waals surface area contributed by atoms with Gasteiger partial charge in [0.25, 0.3) is 10.0 Å². The van der Waals surface area contributed by atoms with E-state index in [9.17, 15) is 8.42 Å². The fourth-order valence-electron chi connectivity index (χ4n) is 3.47. The van der Waals surface area contributed by atoms with Gasteiger partial charge in [-0.05, 0) is 55.8 Å². The monoisotopic (exact) mass is 409 g/mol. The number of thiophene rings is 1. The Labute approximate surface area is 166 Å². The van der Waals surface area contributed by atoms with E-state index in [0.29, 0.717) is 22.3 Å². The molecule has 1 aliphatic rings. The lowest BCUT2D eigenvalue weighted by molar-refractivity contribution is 0.229. The summed E-state index contributed by atoms with van der Waals surface area (Å²) in [5.74, 6) is 1.30. The van der Waals surface area contributed by atoms with Crippen molar-refractivity contribution in [3.8, 4) is 11.5 Å². The number of rotatable bonds is 8. The summed E-state index contributed by atoms with van der Waals surface area (Å²) in [6.45, 7) is 4.25. The van der Waals surface area contributed by atoms with Crippen LogP contribution in [0.3, 0.4) is 0 Å². The maximum absolute atomic E-state index is 13.3. The van der Waals surface area contributed by atoms with E-state index < -0.39 is 10.0 Å². The topological polar surface area (TPSA) is 55.8 Å². The second-order valence-corrected chi connectivity index (χ2v) is 10.1. The third-order valence-corrected chi connectivity index (χ3v) is 7.99. The molecule has 1 fully saturated rings. The lowest BCUT2D eigenvalue weighted by atomic mass is 10.1. The van der Waals surface area contributed by atoms with E-state index in [-0.39, 0.29) is 12.1 Å². The standard InChI is InChI=1S/C20H27NO4S2/c1-15(2)25-19-13-16(10-11-18(19)24-3)14-21(17-7-4-5-8-17)27(22,23)20-9-6-12-26-20/h6,9-13,15,17H,4-5,7-8,14H2,1-3H3. The van der Waals surface area contributed by atoms with Gasteiger partial charge >= 0.3 is 0 Å². The number of hydrogen-bond acceptors (Lipinski definition) is 5. The SMILES string of the molecule is COc1ccc(CN(C2CCCC2)S(=O)(=O)c2cccs2)cc1OC(C)C. The average molecular weight is 410 g/mol. The van der Waals surface area contributed by atoms with Gasteiger partial charge in [0.05, 0.1) is 13.2 Å². The van der Waals surface area contributed by atoms with Crippen LogP contribution >= 0.6 is 11.3 Å². The Kier molecular flexibility index (Phi) is 6.44. The average Bonchev–Trinajstić information content (AvgIpc) is 3.33. The van der Waals surface area contributed by atoms with Crippen molar-refractivity contribution in [1.29, 1.82) is 0 Å². The van der Waals surface area contributed by atoms with Crippen LogP contribution in [0.25, 0.3) is 0 Å². The van der Waals surface area contributed by atoms with Gasteiger partial charge in [-0.1, -0.05) is 25.0 Å². The zero-order valence-corrected chi connectivity index (χ0v) is 17.7. The molecule has 0 unspecified atom stereocenters. The third kappa shape index (κ3) is 4.65. The van der Waals surface area contributed by atoms with Crippen molar-refractivity contribution in [3.05, 3.63) is 41.3 Å². The van der Waals surface area contributed by atoms with E-state index in [1.807, 2.05) is 37.4 Å². The van der Waals surface area contributed by atoms with E-state index >= 15 is 0 Å². The Morgan fingerprint density at radius 3 is 2.52 bits per heavy atom. The number of benzene rings is 1. The highest BCUT2D eigenvalue weighted by Crippen LogP contribution is 2.34. The predicted octanol–water partition coefficient (Wildman–Crippen LogP) is 4.68. The smallest absolute Gasteiger partial charge is 0.253 e. The van der Waals surface area contributed by atoms with E-state index in [1.54, 1.807) is 23.5 Å². The van der Waals surface area contributed by atoms with Crippen molar-refractivity contribution in [3.63, 3.8) is 0 Å². The van der Waals surface area contributed by atoms with Crippen molar-refractivity contribution in [2.24, 2.45) is 0 Å². The maximum Gasteiger partial charge on any atom is 0.253 e. The quantitative estimate of drug-likeness (QED) is 0.635. The fraction of sp³-hybridized carbons (Fsp3) is 0.500. The highest BCUT2D eigenvalue weighted by Gasteiger charge is 2.34. The van der Waals surface area contributed by atoms with Gasteiger partial charge in [0.15, 0.2) is 11.5 Å². The van der Waals surface area contributed by atoms with E-state index in [0.717, 1.165) is 31.2 Å². The molecule has 7 heteroatoms. The van der Waals surface area contributed by atoms with E-state index in [1.165, 1.54) is 11.3 Å². The number of sulfonamides is 1. The van der Waals surface area contributed by atoms with E-state index in [2.05, 4.69) is 0 Å². The van der Waals surface area contributed by atoms with Crippen molar-refractivity contribution < 1.29 is 17.9 Å². The van der Waals surface area contributed by atoms with Crippen LogP contribution in [0.5, 0.6) is 11.5 Å². The lowest BCUT2D eigenvalue weighted by Crippen LogP contribution is -2.37. The number of ether oxygens (including phenoxy) is 2. The largest absolute Gasteiger partial charge is 0.493 e. The van der Waals surface area contributed by atoms with Crippen LogP contribution in [-0.4, -0.2) is 32.0 Å². The molecule has 1 aromatic carbocycles. The summed E-state index contributed by atoms with van der Waals surface area (Å²) in [6, 6.07) is 9.17. The first kappa shape index (κ1) is 20.2. The zero-order chi connectivity index (χ0) is 19.4. The Hall–Kier alpha value is -1.57. The molecule has 0 bridgehead atoms. The molecule has 0 aliphatic heterocycles. The van der Waals surface area contributed by atoms with Gasteiger partial charge in [0.1, 0.15) is 4.21 Å². The molecular weight excluding hydrogens is 382 g/mol. The van der Waals surface area contributed by atoms with Gasteiger partial charge in [0.2, 0.25) is 0 Å². The van der Waals surface area contributed by atoms with Crippen LogP contribution in [0.2, 0.25) is 0 Å². The minimum atomic E-state index is -3.51. The Morgan fingerprint density at radius 1 is 1.19 bits per heavy atom. The van der Waals surface area contributed by atoms with Crippen molar-refractivity contribution in [2.45, 2.75) is 62.4 Å². The van der Waals surface area contributed by atoms with Crippen LogP contribution in [0.4, 0.5) is 0 Å². The third-order valence-electron chi connectivity index (χ3n) is 4.72. The molecule has 148 valence electrons. The zero-order valence-electron chi connectivity index (χ0n) is 16.1. The molecule has 1 heterocycles.